The van der Waals surface area contributed by atoms with E-state index in [1.807, 2.05) is 25.2 Å². The minimum absolute atomic E-state index is 0.310. The summed E-state index contributed by atoms with van der Waals surface area (Å²) in [6, 6.07) is 0. The van der Waals surface area contributed by atoms with Crippen LogP contribution in [0.3, 0.4) is 0 Å². The molecule has 0 N–H and O–H groups in total. The third kappa shape index (κ3) is 7.15. The first-order valence-electron chi connectivity index (χ1n) is 5.64. The zero-order valence-corrected chi connectivity index (χ0v) is 10.3. The Labute approximate surface area is 94.5 Å². The molecule has 0 aliphatic heterocycles. The molecule has 0 aromatic carbocycles. The van der Waals surface area contributed by atoms with E-state index >= 15 is 0 Å². The Balaban J connectivity index is 3.94. The fourth-order valence-corrected chi connectivity index (χ4v) is 1.39. The van der Waals surface area contributed by atoms with Crippen LogP contribution in [0.15, 0.2) is 37.0 Å². The molecule has 0 heterocycles. The Morgan fingerprint density at radius 2 is 2.07 bits per heavy atom. The van der Waals surface area contributed by atoms with E-state index in [1.54, 1.807) is 0 Å². The van der Waals surface area contributed by atoms with Crippen molar-refractivity contribution in [1.82, 2.24) is 0 Å². The molecule has 1 heteroatoms. The summed E-state index contributed by atoms with van der Waals surface area (Å²) in [6.45, 7) is 14.6. The van der Waals surface area contributed by atoms with Gasteiger partial charge in [-0.05, 0) is 31.3 Å². The maximum absolute atomic E-state index is 5.82. The van der Waals surface area contributed by atoms with E-state index in [0.29, 0.717) is 18.6 Å². The van der Waals surface area contributed by atoms with Crippen LogP contribution in [0.25, 0.3) is 0 Å². The fourth-order valence-electron chi connectivity index (χ4n) is 1.39. The van der Waals surface area contributed by atoms with Gasteiger partial charge in [-0.15, -0.1) is 6.58 Å². The second kappa shape index (κ2) is 8.49. The van der Waals surface area contributed by atoms with Crippen LogP contribution in [-0.2, 0) is 4.74 Å². The molecule has 1 unspecified atom stereocenters. The molecule has 0 fully saturated rings. The van der Waals surface area contributed by atoms with Gasteiger partial charge >= 0.3 is 0 Å². The van der Waals surface area contributed by atoms with Crippen molar-refractivity contribution in [2.75, 3.05) is 6.61 Å². The molecule has 0 aliphatic carbocycles. The molecule has 0 saturated heterocycles. The van der Waals surface area contributed by atoms with Gasteiger partial charge in [0.05, 0.1) is 12.7 Å². The lowest BCUT2D eigenvalue weighted by Gasteiger charge is -2.21. The number of hydrogen-bond donors (Lipinski definition) is 0. The molecule has 0 rings (SSSR count). The SMILES string of the molecule is C=CCCC(OCC(=C)/C=C\C)C(C)C. The van der Waals surface area contributed by atoms with E-state index in [-0.39, 0.29) is 0 Å². The molecule has 0 aromatic heterocycles. The van der Waals surface area contributed by atoms with Gasteiger partial charge in [0.25, 0.3) is 0 Å². The van der Waals surface area contributed by atoms with E-state index in [0.717, 1.165) is 18.4 Å². The van der Waals surface area contributed by atoms with Crippen molar-refractivity contribution in [3.8, 4) is 0 Å². The third-order valence-electron chi connectivity index (χ3n) is 2.28. The summed E-state index contributed by atoms with van der Waals surface area (Å²) in [5, 5.41) is 0. The van der Waals surface area contributed by atoms with Gasteiger partial charge < -0.3 is 4.74 Å². The van der Waals surface area contributed by atoms with Gasteiger partial charge in [0.15, 0.2) is 0 Å². The largest absolute Gasteiger partial charge is 0.373 e. The molecule has 15 heavy (non-hydrogen) atoms. The Hall–Kier alpha value is -0.820. The molecule has 0 amide bonds. The molecule has 0 spiro atoms. The van der Waals surface area contributed by atoms with Crippen LogP contribution in [0.5, 0.6) is 0 Å². The Morgan fingerprint density at radius 1 is 1.40 bits per heavy atom. The molecular weight excluding hydrogens is 184 g/mol. The second-order valence-corrected chi connectivity index (χ2v) is 4.12. The van der Waals surface area contributed by atoms with E-state index < -0.39 is 0 Å². The number of ether oxygens (including phenoxy) is 1. The van der Waals surface area contributed by atoms with Gasteiger partial charge in [0.1, 0.15) is 0 Å². The van der Waals surface area contributed by atoms with Crippen LogP contribution in [0.1, 0.15) is 33.6 Å². The highest BCUT2D eigenvalue weighted by Gasteiger charge is 2.12. The fraction of sp³-hybridized carbons (Fsp3) is 0.571. The summed E-state index contributed by atoms with van der Waals surface area (Å²) in [7, 11) is 0. The quantitative estimate of drug-likeness (QED) is 0.430. The van der Waals surface area contributed by atoms with Crippen molar-refractivity contribution in [3.63, 3.8) is 0 Å². The standard InChI is InChI=1S/C14H24O/c1-6-8-10-14(12(3)4)15-11-13(5)9-7-2/h6-7,9,12,14H,1,5,8,10-11H2,2-4H3/b9-7-. The zero-order valence-electron chi connectivity index (χ0n) is 10.3. The number of allylic oxidation sites excluding steroid dienone is 2. The highest BCUT2D eigenvalue weighted by atomic mass is 16.5. The highest BCUT2D eigenvalue weighted by Crippen LogP contribution is 2.14. The van der Waals surface area contributed by atoms with Crippen LogP contribution >= 0.6 is 0 Å². The molecule has 1 nitrogen and oxygen atoms in total. The minimum Gasteiger partial charge on any atom is -0.373 e. The molecule has 0 aromatic rings. The highest BCUT2D eigenvalue weighted by molar-refractivity contribution is 5.13. The van der Waals surface area contributed by atoms with Crippen LogP contribution < -0.4 is 0 Å². The lowest BCUT2D eigenvalue weighted by Crippen LogP contribution is -2.20. The van der Waals surface area contributed by atoms with Gasteiger partial charge in [-0.1, -0.05) is 38.7 Å². The summed E-state index contributed by atoms with van der Waals surface area (Å²) in [5.41, 5.74) is 1.03. The monoisotopic (exact) mass is 208 g/mol. The van der Waals surface area contributed by atoms with Crippen LogP contribution in [-0.4, -0.2) is 12.7 Å². The van der Waals surface area contributed by atoms with Gasteiger partial charge in [-0.2, -0.15) is 0 Å². The Morgan fingerprint density at radius 3 is 2.53 bits per heavy atom. The van der Waals surface area contributed by atoms with Crippen molar-refractivity contribution in [3.05, 3.63) is 37.0 Å². The summed E-state index contributed by atoms with van der Waals surface area (Å²) in [6.07, 6.45) is 8.29. The third-order valence-corrected chi connectivity index (χ3v) is 2.28. The summed E-state index contributed by atoms with van der Waals surface area (Å²) < 4.78 is 5.82. The zero-order chi connectivity index (χ0) is 11.7. The average Bonchev–Trinajstić information content (AvgIpc) is 2.17. The van der Waals surface area contributed by atoms with Crippen LogP contribution in [0.4, 0.5) is 0 Å². The van der Waals surface area contributed by atoms with Crippen molar-refractivity contribution >= 4 is 0 Å². The average molecular weight is 208 g/mol. The van der Waals surface area contributed by atoms with E-state index in [9.17, 15) is 0 Å². The van der Waals surface area contributed by atoms with E-state index in [1.165, 1.54) is 0 Å². The van der Waals surface area contributed by atoms with Crippen molar-refractivity contribution in [2.24, 2.45) is 5.92 Å². The lowest BCUT2D eigenvalue weighted by atomic mass is 10.0. The van der Waals surface area contributed by atoms with Gasteiger partial charge in [-0.3, -0.25) is 0 Å². The normalized spacial score (nSPS) is 13.3. The maximum Gasteiger partial charge on any atom is 0.0714 e. The lowest BCUT2D eigenvalue weighted by molar-refractivity contribution is 0.0325. The summed E-state index contributed by atoms with van der Waals surface area (Å²) in [5.74, 6) is 0.545. The number of rotatable bonds is 8. The molecule has 1 atom stereocenters. The smallest absolute Gasteiger partial charge is 0.0714 e. The summed E-state index contributed by atoms with van der Waals surface area (Å²) >= 11 is 0. The predicted octanol–water partition coefficient (Wildman–Crippen LogP) is 4.13. The van der Waals surface area contributed by atoms with Gasteiger partial charge in [0.2, 0.25) is 0 Å². The molecule has 0 aliphatic rings. The molecule has 0 saturated carbocycles. The van der Waals surface area contributed by atoms with Crippen molar-refractivity contribution in [1.29, 1.82) is 0 Å². The van der Waals surface area contributed by atoms with Crippen LogP contribution in [0.2, 0.25) is 0 Å². The first kappa shape index (κ1) is 14.2. The minimum atomic E-state index is 0.310. The second-order valence-electron chi connectivity index (χ2n) is 4.12. The van der Waals surface area contributed by atoms with Gasteiger partial charge in [0, 0.05) is 0 Å². The molecular formula is C14H24O. The maximum atomic E-state index is 5.82. The van der Waals surface area contributed by atoms with Crippen molar-refractivity contribution < 1.29 is 4.74 Å². The van der Waals surface area contributed by atoms with Crippen LogP contribution in [0, 0.1) is 5.92 Å². The van der Waals surface area contributed by atoms with E-state index in [4.69, 9.17) is 4.74 Å². The molecule has 0 bridgehead atoms. The first-order chi connectivity index (χ1) is 7.11. The predicted molar refractivity (Wildman–Crippen MR) is 68.0 cm³/mol. The Kier molecular flexibility index (Phi) is 8.02. The molecule has 0 radical (unpaired) electrons. The van der Waals surface area contributed by atoms with Gasteiger partial charge in [-0.25, -0.2) is 0 Å². The number of hydrogen-bond acceptors (Lipinski definition) is 1. The van der Waals surface area contributed by atoms with Crippen molar-refractivity contribution in [2.45, 2.75) is 39.7 Å². The molecule has 86 valence electrons. The van der Waals surface area contributed by atoms with E-state index in [2.05, 4.69) is 27.0 Å². The Bertz CT molecular complexity index is 213. The summed E-state index contributed by atoms with van der Waals surface area (Å²) in [4.78, 5) is 0. The first-order valence-corrected chi connectivity index (χ1v) is 5.64. The topological polar surface area (TPSA) is 9.23 Å².